The van der Waals surface area contributed by atoms with Crippen LogP contribution in [0.2, 0.25) is 0 Å². The highest BCUT2D eigenvalue weighted by atomic mass is 16.7. The van der Waals surface area contributed by atoms with E-state index >= 15 is 0 Å². The smallest absolute Gasteiger partial charge is 0.344 e. The second-order valence-electron chi connectivity index (χ2n) is 6.07. The molecule has 0 atom stereocenters. The fourth-order valence-corrected chi connectivity index (χ4v) is 2.76. The van der Waals surface area contributed by atoms with Crippen molar-refractivity contribution in [3.8, 4) is 17.2 Å². The SMILES string of the molecule is O=C(COC(=O)COc1ccc2ccccc2c1)Nc1ccc2c(c1)OCO2. The maximum Gasteiger partial charge on any atom is 0.344 e. The topological polar surface area (TPSA) is 83.1 Å². The van der Waals surface area contributed by atoms with Crippen LogP contribution >= 0.6 is 0 Å². The number of amides is 1. The molecule has 0 aromatic heterocycles. The van der Waals surface area contributed by atoms with E-state index in [-0.39, 0.29) is 13.4 Å². The first-order valence-electron chi connectivity index (χ1n) is 8.64. The van der Waals surface area contributed by atoms with E-state index in [2.05, 4.69) is 5.32 Å². The van der Waals surface area contributed by atoms with Gasteiger partial charge in [-0.05, 0) is 35.0 Å². The number of nitrogens with one attached hydrogen (secondary N) is 1. The quantitative estimate of drug-likeness (QED) is 0.663. The van der Waals surface area contributed by atoms with Gasteiger partial charge in [0.25, 0.3) is 5.91 Å². The predicted octanol–water partition coefficient (Wildman–Crippen LogP) is 3.13. The summed E-state index contributed by atoms with van der Waals surface area (Å²) in [5.41, 5.74) is 0.526. The molecular formula is C21H17NO6. The lowest BCUT2D eigenvalue weighted by Gasteiger charge is -2.09. The second-order valence-corrected chi connectivity index (χ2v) is 6.07. The molecule has 1 N–H and O–H groups in total. The zero-order valence-electron chi connectivity index (χ0n) is 14.8. The third kappa shape index (κ3) is 4.15. The summed E-state index contributed by atoms with van der Waals surface area (Å²) in [4.78, 5) is 23.8. The van der Waals surface area contributed by atoms with Gasteiger partial charge in [0, 0.05) is 11.8 Å². The number of carbonyl (C=O) groups is 2. The Morgan fingerprint density at radius 1 is 0.893 bits per heavy atom. The van der Waals surface area contributed by atoms with Crippen LogP contribution in [0, 0.1) is 0 Å². The maximum absolute atomic E-state index is 11.9. The summed E-state index contributed by atoms with van der Waals surface area (Å²) in [6.45, 7) is -0.536. The van der Waals surface area contributed by atoms with Gasteiger partial charge in [-0.3, -0.25) is 4.79 Å². The highest BCUT2D eigenvalue weighted by molar-refractivity contribution is 5.93. The van der Waals surface area contributed by atoms with Crippen molar-refractivity contribution in [1.29, 1.82) is 0 Å². The molecule has 7 heteroatoms. The molecule has 0 fully saturated rings. The average Bonchev–Trinajstić information content (AvgIpc) is 3.18. The number of hydrogen-bond donors (Lipinski definition) is 1. The summed E-state index contributed by atoms with van der Waals surface area (Å²) in [5.74, 6) is 0.640. The molecule has 0 saturated heterocycles. The van der Waals surface area contributed by atoms with E-state index in [1.165, 1.54) is 0 Å². The highest BCUT2D eigenvalue weighted by Gasteiger charge is 2.15. The molecule has 28 heavy (non-hydrogen) atoms. The fraction of sp³-hybridized carbons (Fsp3) is 0.143. The number of ether oxygens (including phenoxy) is 4. The van der Waals surface area contributed by atoms with E-state index in [4.69, 9.17) is 18.9 Å². The molecule has 1 aliphatic rings. The Kier molecular flexibility index (Phi) is 4.97. The number of esters is 1. The standard InChI is InChI=1S/C21H17NO6/c23-20(22-16-6-8-18-19(10-16)28-13-27-18)11-26-21(24)12-25-17-7-5-14-3-1-2-4-15(14)9-17/h1-10H,11-13H2,(H,22,23). The van der Waals surface area contributed by atoms with Crippen molar-refractivity contribution < 1.29 is 28.5 Å². The lowest BCUT2D eigenvalue weighted by molar-refractivity contribution is -0.149. The van der Waals surface area contributed by atoms with Crippen LogP contribution in [0.5, 0.6) is 17.2 Å². The van der Waals surface area contributed by atoms with E-state index in [1.54, 1.807) is 24.3 Å². The Morgan fingerprint density at radius 2 is 1.71 bits per heavy atom. The predicted molar refractivity (Wildman–Crippen MR) is 102 cm³/mol. The molecule has 3 aromatic rings. The van der Waals surface area contributed by atoms with E-state index in [9.17, 15) is 9.59 Å². The maximum atomic E-state index is 11.9. The fourth-order valence-electron chi connectivity index (χ4n) is 2.76. The molecule has 0 radical (unpaired) electrons. The first-order valence-corrected chi connectivity index (χ1v) is 8.64. The van der Waals surface area contributed by atoms with Gasteiger partial charge in [0.2, 0.25) is 6.79 Å². The molecule has 3 aromatic carbocycles. The van der Waals surface area contributed by atoms with Gasteiger partial charge in [0.15, 0.2) is 24.7 Å². The molecule has 1 heterocycles. The summed E-state index contributed by atoms with van der Waals surface area (Å²) in [7, 11) is 0. The van der Waals surface area contributed by atoms with Crippen LogP contribution in [0.15, 0.2) is 60.7 Å². The minimum atomic E-state index is -0.631. The molecule has 0 bridgehead atoms. The van der Waals surface area contributed by atoms with Crippen molar-refractivity contribution in [2.45, 2.75) is 0 Å². The van der Waals surface area contributed by atoms with Gasteiger partial charge in [-0.1, -0.05) is 30.3 Å². The van der Waals surface area contributed by atoms with Gasteiger partial charge in [-0.25, -0.2) is 4.79 Å². The molecule has 142 valence electrons. The van der Waals surface area contributed by atoms with Gasteiger partial charge in [0.05, 0.1) is 0 Å². The molecule has 1 amide bonds. The van der Waals surface area contributed by atoms with Crippen molar-refractivity contribution in [3.63, 3.8) is 0 Å². The van der Waals surface area contributed by atoms with Crippen LogP contribution < -0.4 is 19.5 Å². The van der Waals surface area contributed by atoms with E-state index in [0.29, 0.717) is 22.9 Å². The van der Waals surface area contributed by atoms with Crippen molar-refractivity contribution in [2.24, 2.45) is 0 Å². The molecule has 0 saturated carbocycles. The molecule has 0 unspecified atom stereocenters. The first kappa shape index (κ1) is 17.7. The Labute approximate surface area is 160 Å². The van der Waals surface area contributed by atoms with Crippen molar-refractivity contribution in [3.05, 3.63) is 60.7 Å². The Hall–Kier alpha value is -3.74. The largest absolute Gasteiger partial charge is 0.482 e. The van der Waals surface area contributed by atoms with Crippen LogP contribution in [0.1, 0.15) is 0 Å². The number of anilines is 1. The van der Waals surface area contributed by atoms with Crippen LogP contribution in [0.3, 0.4) is 0 Å². The lowest BCUT2D eigenvalue weighted by atomic mass is 10.1. The summed E-state index contributed by atoms with van der Waals surface area (Å²) in [6.07, 6.45) is 0. The van der Waals surface area contributed by atoms with Gasteiger partial charge in [-0.2, -0.15) is 0 Å². The van der Waals surface area contributed by atoms with Crippen LogP contribution in [-0.4, -0.2) is 31.9 Å². The van der Waals surface area contributed by atoms with Gasteiger partial charge >= 0.3 is 5.97 Å². The number of carbonyl (C=O) groups excluding carboxylic acids is 2. The number of benzene rings is 3. The molecule has 0 aliphatic carbocycles. The molecule has 7 nitrogen and oxygen atoms in total. The van der Waals surface area contributed by atoms with Crippen molar-refractivity contribution in [1.82, 2.24) is 0 Å². The summed E-state index contributed by atoms with van der Waals surface area (Å²) in [5, 5.41) is 4.72. The van der Waals surface area contributed by atoms with Crippen molar-refractivity contribution in [2.75, 3.05) is 25.3 Å². The minimum absolute atomic E-state index is 0.154. The van der Waals surface area contributed by atoms with Crippen LogP contribution in [0.4, 0.5) is 5.69 Å². The highest BCUT2D eigenvalue weighted by Crippen LogP contribution is 2.34. The van der Waals surface area contributed by atoms with Gasteiger partial charge < -0.3 is 24.3 Å². The monoisotopic (exact) mass is 379 g/mol. The molecule has 4 rings (SSSR count). The first-order chi connectivity index (χ1) is 13.7. The Balaban J connectivity index is 1.24. The summed E-state index contributed by atoms with van der Waals surface area (Å²) in [6, 6.07) is 18.4. The van der Waals surface area contributed by atoms with E-state index in [0.717, 1.165) is 10.8 Å². The number of hydrogen-bond acceptors (Lipinski definition) is 6. The minimum Gasteiger partial charge on any atom is -0.482 e. The van der Waals surface area contributed by atoms with Crippen LogP contribution in [0.25, 0.3) is 10.8 Å². The normalized spacial score (nSPS) is 11.9. The average molecular weight is 379 g/mol. The molecule has 0 spiro atoms. The third-order valence-corrected chi connectivity index (χ3v) is 4.10. The van der Waals surface area contributed by atoms with Crippen molar-refractivity contribution >= 4 is 28.3 Å². The van der Waals surface area contributed by atoms with Crippen LogP contribution in [-0.2, 0) is 14.3 Å². The molecular weight excluding hydrogens is 362 g/mol. The summed E-state index contributed by atoms with van der Waals surface area (Å²) < 4.78 is 20.8. The number of rotatable bonds is 6. The molecule has 1 aliphatic heterocycles. The Morgan fingerprint density at radius 3 is 2.61 bits per heavy atom. The summed E-state index contributed by atoms with van der Waals surface area (Å²) >= 11 is 0. The van der Waals surface area contributed by atoms with E-state index in [1.807, 2.05) is 36.4 Å². The number of fused-ring (bicyclic) bond motifs is 2. The van der Waals surface area contributed by atoms with Gasteiger partial charge in [-0.15, -0.1) is 0 Å². The Bertz CT molecular complexity index is 1030. The zero-order chi connectivity index (χ0) is 19.3. The van der Waals surface area contributed by atoms with Gasteiger partial charge in [0.1, 0.15) is 5.75 Å². The third-order valence-electron chi connectivity index (χ3n) is 4.10. The zero-order valence-corrected chi connectivity index (χ0v) is 14.8. The lowest BCUT2D eigenvalue weighted by Crippen LogP contribution is -2.23. The second kappa shape index (κ2) is 7.87. The van der Waals surface area contributed by atoms with E-state index < -0.39 is 18.5 Å².